The maximum Gasteiger partial charge on any atom is 0.264 e. The van der Waals surface area contributed by atoms with Gasteiger partial charge in [0.05, 0.1) is 29.7 Å². The van der Waals surface area contributed by atoms with Gasteiger partial charge in [-0.3, -0.25) is 19.2 Å². The van der Waals surface area contributed by atoms with E-state index < -0.39 is 31.6 Å². The minimum absolute atomic E-state index is 0.0223. The van der Waals surface area contributed by atoms with Crippen LogP contribution in [-0.4, -0.2) is 53.0 Å². The van der Waals surface area contributed by atoms with Crippen LogP contribution >= 0.6 is 11.6 Å². The number of aliphatic hydroxyl groups excluding tert-OH is 1. The number of aromatic nitrogens is 3. The molecule has 1 N–H and O–H groups in total. The Morgan fingerprint density at radius 2 is 1.83 bits per heavy atom. The van der Waals surface area contributed by atoms with Crippen LogP contribution < -0.4 is 9.80 Å². The molecule has 250 valence electrons. The lowest BCUT2D eigenvalue weighted by Gasteiger charge is -2.31. The maximum atomic E-state index is 16.2. The summed E-state index contributed by atoms with van der Waals surface area (Å²) in [6, 6.07) is 21.1. The van der Waals surface area contributed by atoms with Crippen LogP contribution in [0.1, 0.15) is 42.1 Å². The van der Waals surface area contributed by atoms with Crippen LogP contribution in [-0.2, 0) is 45.9 Å². The van der Waals surface area contributed by atoms with Gasteiger partial charge >= 0.3 is 0 Å². The monoisotopic (exact) mass is 687 g/mol. The summed E-state index contributed by atoms with van der Waals surface area (Å²) in [6.45, 7) is 5.98. The van der Waals surface area contributed by atoms with Crippen molar-refractivity contribution in [3.63, 3.8) is 0 Å². The van der Waals surface area contributed by atoms with Crippen molar-refractivity contribution in [1.29, 1.82) is 0 Å². The van der Waals surface area contributed by atoms with Crippen molar-refractivity contribution >= 4 is 48.9 Å². The van der Waals surface area contributed by atoms with Gasteiger partial charge in [-0.15, -0.1) is 5.10 Å². The highest BCUT2D eigenvalue weighted by molar-refractivity contribution is 6.72. The number of anilines is 3. The fourth-order valence-electron chi connectivity index (χ4n) is 8.03. The van der Waals surface area contributed by atoms with Gasteiger partial charge in [0.1, 0.15) is 0 Å². The van der Waals surface area contributed by atoms with Crippen LogP contribution in [0.2, 0.25) is 23.7 Å². The highest BCUT2D eigenvalue weighted by atomic mass is 35.5. The number of halogens is 2. The van der Waals surface area contributed by atoms with Gasteiger partial charge in [0, 0.05) is 59.9 Å². The molecule has 48 heavy (non-hydrogen) atoms. The number of hydrogen-bond donors (Lipinski definition) is 1. The fourth-order valence-corrected chi connectivity index (χ4v) is 10.7. The molecule has 3 aliphatic heterocycles. The molecule has 0 aliphatic carbocycles. The molecule has 12 heteroatoms. The predicted octanol–water partition coefficient (Wildman–Crippen LogP) is 6.49. The van der Waals surface area contributed by atoms with Gasteiger partial charge < -0.3 is 18.9 Å². The zero-order valence-corrected chi connectivity index (χ0v) is 29.0. The molecule has 4 aromatic rings. The number of amides is 2. The molecule has 4 atom stereocenters. The number of hydrogen-bond acceptors (Lipinski definition) is 6. The third-order valence-electron chi connectivity index (χ3n) is 10.1. The van der Waals surface area contributed by atoms with Crippen molar-refractivity contribution in [2.24, 2.45) is 5.92 Å². The van der Waals surface area contributed by atoms with E-state index in [0.29, 0.717) is 47.8 Å². The van der Waals surface area contributed by atoms with Gasteiger partial charge in [-0.2, -0.15) is 0 Å². The Morgan fingerprint density at radius 1 is 1.06 bits per heavy atom. The van der Waals surface area contributed by atoms with Gasteiger partial charge in [0.2, 0.25) is 14.3 Å². The summed E-state index contributed by atoms with van der Waals surface area (Å²) in [4.78, 5) is 31.2. The molecular formula is C36H39ClFN5O4Si. The number of carbonyl (C=O) groups is 2. The lowest BCUT2D eigenvalue weighted by molar-refractivity contribution is -0.146. The largest absolute Gasteiger partial charge is 0.396 e. The van der Waals surface area contributed by atoms with Gasteiger partial charge in [-0.05, 0) is 73.5 Å². The number of benzene rings is 3. The summed E-state index contributed by atoms with van der Waals surface area (Å²) in [7, 11) is -3.34. The molecule has 0 unspecified atom stereocenters. The van der Waals surface area contributed by atoms with Crippen LogP contribution in [0.5, 0.6) is 0 Å². The number of carbonyl (C=O) groups excluding carboxylic acids is 2. The SMILES string of the molecule is C[C@H]1[C@H]([Si](C)(C)F)[C@@H](CCn2cc(CCO)nn2)O[C@]12C(=O)N(Cc1ccc(N3C(=O)CCc4ccccc43)cc1)c1ccc(Cl)cc12. The topological polar surface area (TPSA) is 101 Å². The van der Waals surface area contributed by atoms with E-state index in [-0.39, 0.29) is 25.0 Å². The molecule has 1 aromatic heterocycles. The highest BCUT2D eigenvalue weighted by Crippen LogP contribution is 2.60. The Morgan fingerprint density at radius 3 is 2.58 bits per heavy atom. The molecule has 7 rings (SSSR count). The molecule has 1 spiro atoms. The number of aryl methyl sites for hydroxylation is 2. The molecule has 1 saturated heterocycles. The number of fused-ring (bicyclic) bond motifs is 3. The molecule has 0 bridgehead atoms. The van der Waals surface area contributed by atoms with Crippen LogP contribution in [0.15, 0.2) is 72.9 Å². The fraction of sp³-hybridized carbons (Fsp3) is 0.389. The summed E-state index contributed by atoms with van der Waals surface area (Å²) in [5.41, 5.74) is 3.88. The van der Waals surface area contributed by atoms with E-state index in [1.807, 2.05) is 55.5 Å². The quantitative estimate of drug-likeness (QED) is 0.160. The summed E-state index contributed by atoms with van der Waals surface area (Å²) in [5.74, 6) is -0.625. The van der Waals surface area contributed by atoms with Crippen LogP contribution in [0.25, 0.3) is 0 Å². The average Bonchev–Trinajstić information content (AvgIpc) is 3.70. The molecule has 3 aromatic carbocycles. The first-order valence-corrected chi connectivity index (χ1v) is 19.8. The number of aliphatic hydroxyl groups is 1. The number of rotatable bonds is 9. The minimum atomic E-state index is -3.34. The first-order valence-electron chi connectivity index (χ1n) is 16.5. The third kappa shape index (κ3) is 5.56. The van der Waals surface area contributed by atoms with Crippen molar-refractivity contribution in [3.8, 4) is 0 Å². The number of nitrogens with zero attached hydrogens (tertiary/aromatic N) is 5. The molecule has 3 aliphatic rings. The minimum Gasteiger partial charge on any atom is -0.396 e. The van der Waals surface area contributed by atoms with E-state index in [1.54, 1.807) is 45.9 Å². The van der Waals surface area contributed by atoms with Gasteiger partial charge in [-0.1, -0.05) is 54.1 Å². The Bertz CT molecular complexity index is 1860. The van der Waals surface area contributed by atoms with E-state index in [2.05, 4.69) is 16.4 Å². The second-order valence-electron chi connectivity index (χ2n) is 13.6. The van der Waals surface area contributed by atoms with Crippen LogP contribution in [0, 0.1) is 5.92 Å². The summed E-state index contributed by atoms with van der Waals surface area (Å²) < 4.78 is 24.7. The van der Waals surface area contributed by atoms with E-state index in [0.717, 1.165) is 28.9 Å². The van der Waals surface area contributed by atoms with E-state index in [9.17, 15) is 14.7 Å². The number of ether oxygens (including phenoxy) is 1. The number of para-hydroxylation sites is 1. The molecule has 9 nitrogen and oxygen atoms in total. The standard InChI is InChI=1S/C36H39ClFN5O4Si/c1-23-34(48(2,3)38)32(16-18-41-22-27(17-19-44)39-40-41)47-36(23)29-20-26(37)11-14-31(29)42(35(36)46)21-24-8-12-28(13-9-24)43-30-7-5-4-6-25(30)10-15-33(43)45/h4-9,11-14,20,22-23,32,34,44H,10,15-19,21H2,1-3H3/t23-,32+,34-,36+/m0/s1. The highest BCUT2D eigenvalue weighted by Gasteiger charge is 2.66. The molecule has 0 radical (unpaired) electrons. The Kier molecular flexibility index (Phi) is 8.51. The van der Waals surface area contributed by atoms with Gasteiger partial charge in [-0.25, -0.2) is 0 Å². The summed E-state index contributed by atoms with van der Waals surface area (Å²) >= 11 is 6.54. The van der Waals surface area contributed by atoms with Crippen molar-refractivity contribution < 1.29 is 23.5 Å². The van der Waals surface area contributed by atoms with Crippen LogP contribution in [0.4, 0.5) is 21.2 Å². The molecule has 1 fully saturated rings. The summed E-state index contributed by atoms with van der Waals surface area (Å²) in [6.07, 6.45) is 3.27. The first-order chi connectivity index (χ1) is 23.0. The normalized spacial score (nSPS) is 23.7. The third-order valence-corrected chi connectivity index (χ3v) is 12.8. The Balaban J connectivity index is 1.18. The molecular weight excluding hydrogens is 649 g/mol. The predicted molar refractivity (Wildman–Crippen MR) is 184 cm³/mol. The van der Waals surface area contributed by atoms with Gasteiger partial charge in [0.25, 0.3) is 5.91 Å². The molecule has 4 heterocycles. The Hall–Kier alpha value is -3.90. The maximum absolute atomic E-state index is 16.2. The van der Waals surface area contributed by atoms with Crippen molar-refractivity contribution in [3.05, 3.63) is 100 Å². The van der Waals surface area contributed by atoms with Gasteiger partial charge in [0.15, 0.2) is 5.60 Å². The van der Waals surface area contributed by atoms with Crippen molar-refractivity contribution in [2.45, 2.75) is 76.0 Å². The lowest BCUT2D eigenvalue weighted by Crippen LogP contribution is -2.45. The zero-order chi connectivity index (χ0) is 33.8. The Labute approximate surface area is 285 Å². The van der Waals surface area contributed by atoms with Crippen molar-refractivity contribution in [2.75, 3.05) is 16.4 Å². The average molecular weight is 688 g/mol. The van der Waals surface area contributed by atoms with E-state index >= 15 is 4.11 Å². The van der Waals surface area contributed by atoms with Crippen LogP contribution in [0.3, 0.4) is 0 Å². The first kappa shape index (κ1) is 32.6. The second-order valence-corrected chi connectivity index (χ2v) is 17.8. The second kappa shape index (κ2) is 12.5. The van der Waals surface area contributed by atoms with E-state index in [4.69, 9.17) is 16.3 Å². The lowest BCUT2D eigenvalue weighted by atomic mass is 9.82. The smallest absolute Gasteiger partial charge is 0.264 e. The zero-order valence-electron chi connectivity index (χ0n) is 27.3. The molecule has 0 saturated carbocycles. The van der Waals surface area contributed by atoms with Crippen molar-refractivity contribution in [1.82, 2.24) is 15.0 Å². The summed E-state index contributed by atoms with van der Waals surface area (Å²) in [5, 5.41) is 18.0. The van der Waals surface area contributed by atoms with E-state index in [1.165, 1.54) is 0 Å². The molecule has 2 amide bonds.